The molecular weight excluding hydrogens is 385 g/mol. The first-order valence-corrected chi connectivity index (χ1v) is 6.63. The van der Waals surface area contributed by atoms with Crippen LogP contribution in [-0.4, -0.2) is 4.92 Å². The highest BCUT2D eigenvalue weighted by atomic mass is 79.9. The lowest BCUT2D eigenvalue weighted by Crippen LogP contribution is -1.95. The fourth-order valence-corrected chi connectivity index (χ4v) is 2.11. The number of nitro benzene ring substituents is 1. The van der Waals surface area contributed by atoms with Gasteiger partial charge in [0.05, 0.1) is 9.40 Å². The van der Waals surface area contributed by atoms with Crippen LogP contribution < -0.4 is 4.74 Å². The minimum absolute atomic E-state index is 0.0146. The number of hydrogen-bond acceptors (Lipinski definition) is 3. The van der Waals surface area contributed by atoms with Crippen molar-refractivity contribution < 1.29 is 14.1 Å². The monoisotopic (exact) mass is 389 g/mol. The number of hydrogen-bond donors (Lipinski definition) is 0. The lowest BCUT2D eigenvalue weighted by atomic mass is 10.3. The van der Waals surface area contributed by atoms with E-state index in [1.807, 2.05) is 0 Å². The molecule has 0 fully saturated rings. The Hall–Kier alpha value is -1.47. The summed E-state index contributed by atoms with van der Waals surface area (Å²) in [6.07, 6.45) is 0. The Morgan fingerprint density at radius 2 is 1.95 bits per heavy atom. The van der Waals surface area contributed by atoms with E-state index in [9.17, 15) is 14.5 Å². The van der Waals surface area contributed by atoms with Crippen molar-refractivity contribution in [3.05, 3.63) is 61.3 Å². The van der Waals surface area contributed by atoms with E-state index in [-0.39, 0.29) is 15.9 Å². The van der Waals surface area contributed by atoms with Crippen LogP contribution in [0.1, 0.15) is 0 Å². The third-order valence-corrected chi connectivity index (χ3v) is 3.32. The Morgan fingerprint density at radius 3 is 2.58 bits per heavy atom. The van der Waals surface area contributed by atoms with Crippen LogP contribution in [0.2, 0.25) is 0 Å². The third-order valence-electron chi connectivity index (χ3n) is 2.22. The van der Waals surface area contributed by atoms with E-state index in [4.69, 9.17) is 4.74 Å². The molecule has 0 saturated carbocycles. The van der Waals surface area contributed by atoms with E-state index < -0.39 is 10.7 Å². The quantitative estimate of drug-likeness (QED) is 0.544. The molecule has 98 valence electrons. The minimum Gasteiger partial charge on any atom is -0.450 e. The molecule has 0 saturated heterocycles. The van der Waals surface area contributed by atoms with Crippen molar-refractivity contribution in [3.8, 4) is 11.5 Å². The molecule has 0 amide bonds. The lowest BCUT2D eigenvalue weighted by molar-refractivity contribution is -0.385. The van der Waals surface area contributed by atoms with Gasteiger partial charge in [0, 0.05) is 16.6 Å². The van der Waals surface area contributed by atoms with Crippen LogP contribution >= 0.6 is 31.9 Å². The van der Waals surface area contributed by atoms with Gasteiger partial charge in [0.1, 0.15) is 11.6 Å². The van der Waals surface area contributed by atoms with Gasteiger partial charge in [-0.15, -0.1) is 0 Å². The fourth-order valence-electron chi connectivity index (χ4n) is 1.40. The van der Waals surface area contributed by atoms with Crippen molar-refractivity contribution in [2.24, 2.45) is 0 Å². The molecule has 0 unspecified atom stereocenters. The summed E-state index contributed by atoms with van der Waals surface area (Å²) in [5.41, 5.74) is -0.312. The predicted octanol–water partition coefficient (Wildman–Crippen LogP) is 5.05. The first-order valence-electron chi connectivity index (χ1n) is 5.04. The van der Waals surface area contributed by atoms with Crippen molar-refractivity contribution >= 4 is 37.5 Å². The van der Waals surface area contributed by atoms with Crippen LogP contribution in [0.25, 0.3) is 0 Å². The van der Waals surface area contributed by atoms with Gasteiger partial charge in [-0.2, -0.15) is 0 Å². The Morgan fingerprint density at radius 1 is 1.21 bits per heavy atom. The van der Waals surface area contributed by atoms with Crippen LogP contribution in [0, 0.1) is 15.9 Å². The molecular formula is C12H6Br2FNO3. The Balaban J connectivity index is 2.44. The maximum atomic E-state index is 13.4. The maximum absolute atomic E-state index is 13.4. The van der Waals surface area contributed by atoms with Crippen LogP contribution in [-0.2, 0) is 0 Å². The smallest absolute Gasteiger partial charge is 0.312 e. The average molecular weight is 391 g/mol. The number of nitrogens with zero attached hydrogens (tertiary/aromatic N) is 1. The van der Waals surface area contributed by atoms with E-state index in [1.165, 1.54) is 0 Å². The normalized spacial score (nSPS) is 10.3. The van der Waals surface area contributed by atoms with Gasteiger partial charge >= 0.3 is 5.69 Å². The fraction of sp³-hybridized carbons (Fsp3) is 0. The van der Waals surface area contributed by atoms with E-state index in [1.54, 1.807) is 24.3 Å². The number of nitro groups is 1. The standard InChI is InChI=1S/C12H6Br2FNO3/c13-7-2-1-3-8(4-7)19-12-6-10(15)9(14)5-11(12)16(17)18/h1-6H. The van der Waals surface area contributed by atoms with Crippen LogP contribution in [0.4, 0.5) is 10.1 Å². The van der Waals surface area contributed by atoms with E-state index >= 15 is 0 Å². The summed E-state index contributed by atoms with van der Waals surface area (Å²) in [5.74, 6) is -0.404. The van der Waals surface area contributed by atoms with E-state index in [0.29, 0.717) is 5.75 Å². The summed E-state index contributed by atoms with van der Waals surface area (Å²) >= 11 is 6.16. The van der Waals surface area contributed by atoms with Crippen molar-refractivity contribution in [2.75, 3.05) is 0 Å². The van der Waals surface area contributed by atoms with Gasteiger partial charge in [-0.05, 0) is 34.1 Å². The molecule has 0 bridgehead atoms. The lowest BCUT2D eigenvalue weighted by Gasteiger charge is -2.07. The second kappa shape index (κ2) is 5.66. The van der Waals surface area contributed by atoms with Crippen LogP contribution in [0.5, 0.6) is 11.5 Å². The molecule has 0 radical (unpaired) electrons. The highest BCUT2D eigenvalue weighted by Crippen LogP contribution is 2.35. The second-order valence-electron chi connectivity index (χ2n) is 3.55. The predicted molar refractivity (Wildman–Crippen MR) is 75.0 cm³/mol. The molecule has 0 heterocycles. The molecule has 0 aliphatic heterocycles. The van der Waals surface area contributed by atoms with Gasteiger partial charge in [-0.3, -0.25) is 10.1 Å². The zero-order valence-corrected chi connectivity index (χ0v) is 12.4. The number of benzene rings is 2. The van der Waals surface area contributed by atoms with Gasteiger partial charge in [0.2, 0.25) is 5.75 Å². The summed E-state index contributed by atoms with van der Waals surface area (Å²) in [7, 11) is 0. The summed E-state index contributed by atoms with van der Waals surface area (Å²) in [6, 6.07) is 8.79. The molecule has 2 aromatic carbocycles. The second-order valence-corrected chi connectivity index (χ2v) is 5.32. The van der Waals surface area contributed by atoms with Crippen LogP contribution in [0.15, 0.2) is 45.3 Å². The summed E-state index contributed by atoms with van der Waals surface area (Å²) in [4.78, 5) is 10.3. The zero-order chi connectivity index (χ0) is 14.0. The SMILES string of the molecule is O=[N+]([O-])c1cc(Br)c(F)cc1Oc1cccc(Br)c1. The van der Waals surface area contributed by atoms with Gasteiger partial charge in [-0.25, -0.2) is 4.39 Å². The maximum Gasteiger partial charge on any atom is 0.312 e. The average Bonchev–Trinajstić information content (AvgIpc) is 2.33. The highest BCUT2D eigenvalue weighted by Gasteiger charge is 2.19. The van der Waals surface area contributed by atoms with Gasteiger partial charge in [0.15, 0.2) is 0 Å². The number of ether oxygens (including phenoxy) is 1. The molecule has 2 aromatic rings. The molecule has 0 aliphatic rings. The van der Waals surface area contributed by atoms with Gasteiger partial charge < -0.3 is 4.74 Å². The molecule has 2 rings (SSSR count). The van der Waals surface area contributed by atoms with E-state index in [2.05, 4.69) is 31.9 Å². The Kier molecular flexibility index (Phi) is 4.16. The third kappa shape index (κ3) is 3.30. The first kappa shape index (κ1) is 14.0. The van der Waals surface area contributed by atoms with Crippen LogP contribution in [0.3, 0.4) is 0 Å². The molecule has 0 aromatic heterocycles. The number of rotatable bonds is 3. The molecule has 0 spiro atoms. The van der Waals surface area contributed by atoms with E-state index in [0.717, 1.165) is 16.6 Å². The first-order chi connectivity index (χ1) is 8.97. The van der Waals surface area contributed by atoms with Gasteiger partial charge in [-0.1, -0.05) is 22.0 Å². The molecule has 0 atom stereocenters. The molecule has 4 nitrogen and oxygen atoms in total. The Bertz CT molecular complexity index is 649. The summed E-state index contributed by atoms with van der Waals surface area (Å²) in [6.45, 7) is 0. The molecule has 0 N–H and O–H groups in total. The van der Waals surface area contributed by atoms with Crippen molar-refractivity contribution in [1.82, 2.24) is 0 Å². The van der Waals surface area contributed by atoms with Crippen molar-refractivity contribution in [1.29, 1.82) is 0 Å². The minimum atomic E-state index is -0.629. The summed E-state index contributed by atoms with van der Waals surface area (Å²) in [5, 5.41) is 10.9. The zero-order valence-electron chi connectivity index (χ0n) is 9.27. The number of halogens is 3. The topological polar surface area (TPSA) is 52.4 Å². The van der Waals surface area contributed by atoms with Crippen molar-refractivity contribution in [2.45, 2.75) is 0 Å². The van der Waals surface area contributed by atoms with Gasteiger partial charge in [0.25, 0.3) is 0 Å². The largest absolute Gasteiger partial charge is 0.450 e. The molecule has 7 heteroatoms. The highest BCUT2D eigenvalue weighted by molar-refractivity contribution is 9.10. The van der Waals surface area contributed by atoms with Crippen molar-refractivity contribution in [3.63, 3.8) is 0 Å². The summed E-state index contributed by atoms with van der Waals surface area (Å²) < 4.78 is 19.6. The molecule has 0 aliphatic carbocycles. The Labute approximate surface area is 124 Å². The molecule has 19 heavy (non-hydrogen) atoms.